The van der Waals surface area contributed by atoms with Gasteiger partial charge in [0.05, 0.1) is 13.5 Å². The third-order valence-corrected chi connectivity index (χ3v) is 3.22. The minimum atomic E-state index is -0.387. The van der Waals surface area contributed by atoms with Crippen LogP contribution in [0.15, 0.2) is 42.5 Å². The molecule has 0 aliphatic carbocycles. The summed E-state index contributed by atoms with van der Waals surface area (Å²) in [5.74, 6) is 1.89. The van der Waals surface area contributed by atoms with Crippen molar-refractivity contribution in [3.63, 3.8) is 0 Å². The maximum atomic E-state index is 10.9. The quantitative estimate of drug-likeness (QED) is 0.833. The highest BCUT2D eigenvalue weighted by Gasteiger charge is 2.08. The van der Waals surface area contributed by atoms with E-state index in [1.807, 2.05) is 24.3 Å². The van der Waals surface area contributed by atoms with Gasteiger partial charge in [0.2, 0.25) is 5.91 Å². The predicted octanol–water partition coefficient (Wildman–Crippen LogP) is 3.25. The number of hydrogen-bond donors (Lipinski definition) is 1. The van der Waals surface area contributed by atoms with Gasteiger partial charge >= 0.3 is 0 Å². The summed E-state index contributed by atoms with van der Waals surface area (Å²) in [4.78, 5) is 10.9. The maximum Gasteiger partial charge on any atom is 0.221 e. The van der Waals surface area contributed by atoms with E-state index in [1.165, 1.54) is 0 Å². The molecule has 0 heterocycles. The Morgan fingerprint density at radius 3 is 2.33 bits per heavy atom. The lowest BCUT2D eigenvalue weighted by atomic mass is 10.1. The summed E-state index contributed by atoms with van der Waals surface area (Å²) in [6, 6.07) is 12.8. The number of carbonyl (C=O) groups is 1. The van der Waals surface area contributed by atoms with Crippen LogP contribution in [0.3, 0.4) is 0 Å². The SMILES string of the molecule is COc1cc(CC(N)=O)ccc1Oc1ccc(CCl)cc1. The number of amides is 1. The number of nitrogens with two attached hydrogens (primary N) is 1. The Hall–Kier alpha value is -2.20. The first-order valence-corrected chi connectivity index (χ1v) is 6.94. The molecule has 0 radical (unpaired) electrons. The van der Waals surface area contributed by atoms with Crippen molar-refractivity contribution in [1.29, 1.82) is 0 Å². The summed E-state index contributed by atoms with van der Waals surface area (Å²) in [6.45, 7) is 0. The average Bonchev–Trinajstić information content (AvgIpc) is 2.49. The number of rotatable bonds is 6. The molecule has 0 aliphatic rings. The van der Waals surface area contributed by atoms with Gasteiger partial charge in [-0.25, -0.2) is 0 Å². The Bertz CT molecular complexity index is 626. The molecule has 0 unspecified atom stereocenters. The van der Waals surface area contributed by atoms with Gasteiger partial charge in [-0.05, 0) is 35.4 Å². The van der Waals surface area contributed by atoms with Gasteiger partial charge < -0.3 is 15.2 Å². The van der Waals surface area contributed by atoms with Crippen LogP contribution in [0.1, 0.15) is 11.1 Å². The van der Waals surface area contributed by atoms with Gasteiger partial charge in [0.1, 0.15) is 5.75 Å². The van der Waals surface area contributed by atoms with Gasteiger partial charge in [0.15, 0.2) is 11.5 Å². The summed E-state index contributed by atoms with van der Waals surface area (Å²) >= 11 is 5.75. The number of methoxy groups -OCH3 is 1. The Balaban J connectivity index is 2.20. The Kier molecular flexibility index (Phi) is 5.06. The van der Waals surface area contributed by atoms with Gasteiger partial charge in [-0.15, -0.1) is 11.6 Å². The van der Waals surface area contributed by atoms with Crippen LogP contribution in [0.25, 0.3) is 0 Å². The molecular formula is C16H16ClNO3. The molecule has 2 aromatic rings. The molecule has 0 atom stereocenters. The van der Waals surface area contributed by atoms with Crippen LogP contribution in [-0.2, 0) is 17.1 Å². The number of benzene rings is 2. The van der Waals surface area contributed by atoms with Crippen LogP contribution in [0.2, 0.25) is 0 Å². The zero-order valence-electron chi connectivity index (χ0n) is 11.6. The van der Waals surface area contributed by atoms with Crippen LogP contribution in [0.4, 0.5) is 0 Å². The molecule has 1 amide bonds. The number of hydrogen-bond acceptors (Lipinski definition) is 3. The molecule has 110 valence electrons. The van der Waals surface area contributed by atoms with E-state index in [2.05, 4.69) is 0 Å². The van der Waals surface area contributed by atoms with E-state index in [9.17, 15) is 4.79 Å². The van der Waals surface area contributed by atoms with Gasteiger partial charge in [-0.2, -0.15) is 0 Å². The van der Waals surface area contributed by atoms with E-state index < -0.39 is 0 Å². The predicted molar refractivity (Wildman–Crippen MR) is 82.0 cm³/mol. The highest BCUT2D eigenvalue weighted by Crippen LogP contribution is 2.32. The smallest absolute Gasteiger partial charge is 0.221 e. The molecule has 4 nitrogen and oxygen atoms in total. The van der Waals surface area contributed by atoms with E-state index in [0.717, 1.165) is 11.1 Å². The monoisotopic (exact) mass is 305 g/mol. The third kappa shape index (κ3) is 4.13. The molecule has 0 aliphatic heterocycles. The molecule has 2 rings (SSSR count). The summed E-state index contributed by atoms with van der Waals surface area (Å²) in [6.07, 6.45) is 0.168. The molecule has 2 aromatic carbocycles. The molecule has 0 saturated heterocycles. The summed E-state index contributed by atoms with van der Waals surface area (Å²) < 4.78 is 11.1. The van der Waals surface area contributed by atoms with Crippen molar-refractivity contribution < 1.29 is 14.3 Å². The Morgan fingerprint density at radius 1 is 1.10 bits per heavy atom. The lowest BCUT2D eigenvalue weighted by Crippen LogP contribution is -2.13. The van der Waals surface area contributed by atoms with Gasteiger partial charge in [-0.3, -0.25) is 4.79 Å². The molecule has 5 heteroatoms. The van der Waals surface area contributed by atoms with Crippen LogP contribution in [-0.4, -0.2) is 13.0 Å². The third-order valence-electron chi connectivity index (χ3n) is 2.91. The average molecular weight is 306 g/mol. The van der Waals surface area contributed by atoms with Crippen molar-refractivity contribution >= 4 is 17.5 Å². The van der Waals surface area contributed by atoms with Crippen molar-refractivity contribution in [3.05, 3.63) is 53.6 Å². The summed E-state index contributed by atoms with van der Waals surface area (Å²) in [7, 11) is 1.55. The zero-order chi connectivity index (χ0) is 15.2. The number of carbonyl (C=O) groups excluding carboxylic acids is 1. The molecule has 0 spiro atoms. The second-order valence-electron chi connectivity index (χ2n) is 4.51. The van der Waals surface area contributed by atoms with Crippen molar-refractivity contribution in [2.24, 2.45) is 5.73 Å². The first kappa shape index (κ1) is 15.2. The van der Waals surface area contributed by atoms with E-state index in [1.54, 1.807) is 25.3 Å². The normalized spacial score (nSPS) is 10.2. The highest BCUT2D eigenvalue weighted by atomic mass is 35.5. The molecule has 2 N–H and O–H groups in total. The Labute approximate surface area is 128 Å². The second kappa shape index (κ2) is 6.99. The van der Waals surface area contributed by atoms with Crippen molar-refractivity contribution in [2.75, 3.05) is 7.11 Å². The molecule has 0 saturated carbocycles. The number of alkyl halides is 1. The first-order valence-electron chi connectivity index (χ1n) is 6.40. The van der Waals surface area contributed by atoms with Crippen LogP contribution < -0.4 is 15.2 Å². The number of ether oxygens (including phenoxy) is 2. The Morgan fingerprint density at radius 2 is 1.76 bits per heavy atom. The van der Waals surface area contributed by atoms with E-state index in [0.29, 0.717) is 23.1 Å². The second-order valence-corrected chi connectivity index (χ2v) is 4.78. The first-order chi connectivity index (χ1) is 10.1. The number of halogens is 1. The fourth-order valence-corrected chi connectivity index (χ4v) is 2.06. The van der Waals surface area contributed by atoms with Gasteiger partial charge in [0, 0.05) is 5.88 Å². The van der Waals surface area contributed by atoms with Gasteiger partial charge in [0.25, 0.3) is 0 Å². The van der Waals surface area contributed by atoms with Crippen LogP contribution in [0.5, 0.6) is 17.2 Å². The molecule has 0 fully saturated rings. The van der Waals surface area contributed by atoms with E-state index in [4.69, 9.17) is 26.8 Å². The minimum Gasteiger partial charge on any atom is -0.493 e. The topological polar surface area (TPSA) is 61.5 Å². The van der Waals surface area contributed by atoms with Gasteiger partial charge in [-0.1, -0.05) is 18.2 Å². The molecular weight excluding hydrogens is 290 g/mol. The largest absolute Gasteiger partial charge is 0.493 e. The maximum absolute atomic E-state index is 10.9. The fraction of sp³-hybridized carbons (Fsp3) is 0.188. The zero-order valence-corrected chi connectivity index (χ0v) is 12.4. The highest BCUT2D eigenvalue weighted by molar-refractivity contribution is 6.17. The van der Waals surface area contributed by atoms with Crippen molar-refractivity contribution in [3.8, 4) is 17.2 Å². The van der Waals surface area contributed by atoms with Crippen LogP contribution >= 0.6 is 11.6 Å². The molecule has 0 bridgehead atoms. The van der Waals surface area contributed by atoms with Crippen molar-refractivity contribution in [1.82, 2.24) is 0 Å². The standard InChI is InChI=1S/C16H16ClNO3/c1-20-15-8-12(9-16(18)19)4-7-14(15)21-13-5-2-11(10-17)3-6-13/h2-8H,9-10H2,1H3,(H2,18,19). The minimum absolute atomic E-state index is 0.168. The summed E-state index contributed by atoms with van der Waals surface area (Å²) in [5.41, 5.74) is 6.99. The van der Waals surface area contributed by atoms with E-state index in [-0.39, 0.29) is 12.3 Å². The summed E-state index contributed by atoms with van der Waals surface area (Å²) in [5, 5.41) is 0. The van der Waals surface area contributed by atoms with Crippen molar-refractivity contribution in [2.45, 2.75) is 12.3 Å². The van der Waals surface area contributed by atoms with Crippen LogP contribution in [0, 0.1) is 0 Å². The lowest BCUT2D eigenvalue weighted by molar-refractivity contribution is -0.117. The molecule has 0 aromatic heterocycles. The fourth-order valence-electron chi connectivity index (χ4n) is 1.88. The lowest BCUT2D eigenvalue weighted by Gasteiger charge is -2.12. The van der Waals surface area contributed by atoms with E-state index >= 15 is 0 Å². The number of primary amides is 1. The molecule has 21 heavy (non-hydrogen) atoms.